The number of esters is 1. The van der Waals surface area contributed by atoms with Crippen molar-refractivity contribution >= 4 is 27.6 Å². The van der Waals surface area contributed by atoms with Crippen LogP contribution in [0.5, 0.6) is 0 Å². The van der Waals surface area contributed by atoms with E-state index in [-0.39, 0.29) is 23.4 Å². The fourth-order valence-corrected chi connectivity index (χ4v) is 4.05. The minimum atomic E-state index is -3.60. The Balaban J connectivity index is 1.98. The number of hydrogen-bond donors (Lipinski definition) is 1. The topological polar surface area (TPSA) is 92.8 Å². The molecule has 1 aliphatic carbocycles. The van der Waals surface area contributed by atoms with Crippen LogP contribution in [0, 0.1) is 5.92 Å². The van der Waals surface area contributed by atoms with Crippen LogP contribution in [0.4, 0.5) is 5.69 Å². The molecule has 0 spiro atoms. The molecule has 7 nitrogen and oxygen atoms in total. The van der Waals surface area contributed by atoms with Gasteiger partial charge in [-0.2, -0.15) is 4.31 Å². The number of sulfonamides is 1. The van der Waals surface area contributed by atoms with Gasteiger partial charge in [0.1, 0.15) is 0 Å². The molecular weight excluding hydrogens is 344 g/mol. The third-order valence-electron chi connectivity index (χ3n) is 4.25. The summed E-state index contributed by atoms with van der Waals surface area (Å²) in [5.74, 6) is -0.931. The highest BCUT2D eigenvalue weighted by atomic mass is 32.2. The van der Waals surface area contributed by atoms with Crippen LogP contribution in [0.2, 0.25) is 0 Å². The van der Waals surface area contributed by atoms with Crippen molar-refractivity contribution in [3.63, 3.8) is 0 Å². The van der Waals surface area contributed by atoms with Gasteiger partial charge in [0.2, 0.25) is 10.0 Å². The zero-order valence-electron chi connectivity index (χ0n) is 14.5. The van der Waals surface area contributed by atoms with Gasteiger partial charge in [-0.05, 0) is 31.0 Å². The number of anilines is 1. The Labute approximate surface area is 148 Å². The highest BCUT2D eigenvalue weighted by Gasteiger charge is 2.27. The zero-order valence-corrected chi connectivity index (χ0v) is 15.3. The molecule has 1 saturated carbocycles. The summed E-state index contributed by atoms with van der Waals surface area (Å²) in [5, 5.41) is 2.56. The van der Waals surface area contributed by atoms with Gasteiger partial charge in [-0.3, -0.25) is 9.59 Å². The van der Waals surface area contributed by atoms with Crippen LogP contribution in [0.15, 0.2) is 29.2 Å². The van der Waals surface area contributed by atoms with Crippen molar-refractivity contribution in [2.24, 2.45) is 5.92 Å². The molecule has 1 aliphatic rings. The number of benzene rings is 1. The molecule has 1 N–H and O–H groups in total. The van der Waals surface area contributed by atoms with E-state index in [0.29, 0.717) is 18.8 Å². The van der Waals surface area contributed by atoms with Crippen molar-refractivity contribution in [3.8, 4) is 0 Å². The molecule has 1 aromatic rings. The van der Waals surface area contributed by atoms with Gasteiger partial charge in [0.15, 0.2) is 6.61 Å². The zero-order chi connectivity index (χ0) is 18.4. The van der Waals surface area contributed by atoms with E-state index in [0.717, 1.165) is 19.3 Å². The van der Waals surface area contributed by atoms with Gasteiger partial charge in [-0.15, -0.1) is 0 Å². The molecular formula is C17H24N2O5S. The summed E-state index contributed by atoms with van der Waals surface area (Å²) in [6.45, 7) is 3.90. The lowest BCUT2D eigenvalue weighted by molar-refractivity contribution is -0.154. The summed E-state index contributed by atoms with van der Waals surface area (Å²) in [6, 6.07) is 6.04. The Morgan fingerprint density at radius 2 is 1.92 bits per heavy atom. The van der Waals surface area contributed by atoms with Gasteiger partial charge >= 0.3 is 5.97 Å². The second-order valence-electron chi connectivity index (χ2n) is 5.90. The van der Waals surface area contributed by atoms with E-state index in [1.807, 2.05) is 0 Å². The minimum absolute atomic E-state index is 0.0876. The molecule has 1 amide bonds. The Morgan fingerprint density at radius 1 is 1.24 bits per heavy atom. The van der Waals surface area contributed by atoms with E-state index in [4.69, 9.17) is 4.74 Å². The average molecular weight is 368 g/mol. The van der Waals surface area contributed by atoms with Crippen molar-refractivity contribution in [1.82, 2.24) is 4.31 Å². The molecule has 0 saturated heterocycles. The van der Waals surface area contributed by atoms with Crippen molar-refractivity contribution in [2.45, 2.75) is 38.0 Å². The van der Waals surface area contributed by atoms with Crippen molar-refractivity contribution in [1.29, 1.82) is 0 Å². The Kier molecular flexibility index (Phi) is 6.55. The van der Waals surface area contributed by atoms with E-state index in [2.05, 4.69) is 5.32 Å². The predicted molar refractivity (Wildman–Crippen MR) is 93.5 cm³/mol. The number of carbonyl (C=O) groups is 2. The van der Waals surface area contributed by atoms with E-state index in [9.17, 15) is 18.0 Å². The van der Waals surface area contributed by atoms with Crippen LogP contribution in [0.25, 0.3) is 0 Å². The molecule has 0 radical (unpaired) electrons. The summed E-state index contributed by atoms with van der Waals surface area (Å²) in [5.41, 5.74) is 0.345. The number of ether oxygens (including phenoxy) is 1. The summed E-state index contributed by atoms with van der Waals surface area (Å²) < 4.78 is 31.3. The first-order chi connectivity index (χ1) is 11.9. The maximum absolute atomic E-state index is 12.5. The third kappa shape index (κ3) is 4.79. The SMILES string of the molecule is CCN(CC)S(=O)(=O)c1cccc(NC(=O)COC(=O)C2CCC2)c1. The fraction of sp³-hybridized carbons (Fsp3) is 0.529. The van der Waals surface area contributed by atoms with Gasteiger partial charge in [-0.25, -0.2) is 8.42 Å². The fourth-order valence-electron chi connectivity index (χ4n) is 2.54. The number of hydrogen-bond acceptors (Lipinski definition) is 5. The first-order valence-corrected chi connectivity index (χ1v) is 9.89. The van der Waals surface area contributed by atoms with Crippen LogP contribution in [0.3, 0.4) is 0 Å². The van der Waals surface area contributed by atoms with Gasteiger partial charge in [0, 0.05) is 18.8 Å². The molecule has 0 aromatic heterocycles. The monoisotopic (exact) mass is 368 g/mol. The van der Waals surface area contributed by atoms with E-state index < -0.39 is 15.9 Å². The largest absolute Gasteiger partial charge is 0.455 e. The number of rotatable bonds is 8. The first-order valence-electron chi connectivity index (χ1n) is 8.45. The molecule has 138 valence electrons. The van der Waals surface area contributed by atoms with Crippen LogP contribution in [-0.2, 0) is 24.3 Å². The highest BCUT2D eigenvalue weighted by molar-refractivity contribution is 7.89. The number of nitrogens with one attached hydrogen (secondary N) is 1. The lowest BCUT2D eigenvalue weighted by atomic mass is 9.86. The Hall–Kier alpha value is -1.93. The quantitative estimate of drug-likeness (QED) is 0.709. The maximum atomic E-state index is 12.5. The van der Waals surface area contributed by atoms with Crippen LogP contribution in [0.1, 0.15) is 33.1 Å². The summed E-state index contributed by atoms with van der Waals surface area (Å²) >= 11 is 0. The standard InChI is InChI=1S/C17H24N2O5S/c1-3-19(4-2)25(22,23)15-10-6-9-14(11-15)18-16(20)12-24-17(21)13-7-5-8-13/h6,9-11,13H,3-5,7-8,12H2,1-2H3,(H,18,20). The van der Waals surface area contributed by atoms with Crippen LogP contribution < -0.4 is 5.32 Å². The van der Waals surface area contributed by atoms with Gasteiger partial charge in [-0.1, -0.05) is 26.3 Å². The third-order valence-corrected chi connectivity index (χ3v) is 6.29. The summed E-state index contributed by atoms with van der Waals surface area (Å²) in [7, 11) is -3.60. The Morgan fingerprint density at radius 3 is 2.48 bits per heavy atom. The maximum Gasteiger partial charge on any atom is 0.309 e. The van der Waals surface area contributed by atoms with Crippen LogP contribution in [-0.4, -0.2) is 44.3 Å². The predicted octanol–water partition coefficient (Wildman–Crippen LogP) is 2.00. The van der Waals surface area contributed by atoms with Crippen molar-refractivity contribution < 1.29 is 22.7 Å². The van der Waals surface area contributed by atoms with Gasteiger partial charge in [0.05, 0.1) is 10.8 Å². The first kappa shape index (κ1) is 19.4. The molecule has 0 aliphatic heterocycles. The van der Waals surface area contributed by atoms with Gasteiger partial charge < -0.3 is 10.1 Å². The molecule has 2 rings (SSSR count). The smallest absolute Gasteiger partial charge is 0.309 e. The van der Waals surface area contributed by atoms with Crippen molar-refractivity contribution in [2.75, 3.05) is 25.0 Å². The molecule has 0 unspecified atom stereocenters. The number of amides is 1. The molecule has 1 fully saturated rings. The normalized spacial score (nSPS) is 14.8. The minimum Gasteiger partial charge on any atom is -0.455 e. The number of nitrogens with zero attached hydrogens (tertiary/aromatic N) is 1. The van der Waals surface area contributed by atoms with E-state index >= 15 is 0 Å². The molecule has 0 heterocycles. The summed E-state index contributed by atoms with van der Waals surface area (Å²) in [6.07, 6.45) is 2.64. The van der Waals surface area contributed by atoms with E-state index in [1.165, 1.54) is 16.4 Å². The van der Waals surface area contributed by atoms with E-state index in [1.54, 1.807) is 26.0 Å². The summed E-state index contributed by atoms with van der Waals surface area (Å²) in [4.78, 5) is 23.6. The average Bonchev–Trinajstić information content (AvgIpc) is 2.52. The molecule has 1 aromatic carbocycles. The Bertz CT molecular complexity index is 724. The molecule has 0 atom stereocenters. The van der Waals surface area contributed by atoms with Gasteiger partial charge in [0.25, 0.3) is 5.91 Å². The highest BCUT2D eigenvalue weighted by Crippen LogP contribution is 2.27. The molecule has 0 bridgehead atoms. The molecule has 25 heavy (non-hydrogen) atoms. The lowest BCUT2D eigenvalue weighted by Gasteiger charge is -2.22. The molecule has 8 heteroatoms. The second-order valence-corrected chi connectivity index (χ2v) is 7.84. The van der Waals surface area contributed by atoms with Crippen LogP contribution >= 0.6 is 0 Å². The van der Waals surface area contributed by atoms with Crippen molar-refractivity contribution in [3.05, 3.63) is 24.3 Å². The second kappa shape index (κ2) is 8.44. The lowest BCUT2D eigenvalue weighted by Crippen LogP contribution is -2.30. The number of carbonyl (C=O) groups excluding carboxylic acids is 2.